The van der Waals surface area contributed by atoms with Gasteiger partial charge in [-0.3, -0.25) is 14.5 Å². The molecule has 1 saturated heterocycles. The second kappa shape index (κ2) is 13.8. The second-order valence-electron chi connectivity index (χ2n) is 11.1. The molecule has 1 heterocycles. The zero-order valence-electron chi connectivity index (χ0n) is 24.6. The van der Waals surface area contributed by atoms with E-state index in [-0.39, 0.29) is 22.1 Å². The molecule has 1 fully saturated rings. The summed E-state index contributed by atoms with van der Waals surface area (Å²) in [6, 6.07) is 27.0. The molecule has 44 heavy (non-hydrogen) atoms. The van der Waals surface area contributed by atoms with Crippen LogP contribution in [0.4, 0.5) is 5.69 Å². The Morgan fingerprint density at radius 2 is 1.61 bits per heavy atom. The predicted octanol–water partition coefficient (Wildman–Crippen LogP) is 3.45. The van der Waals surface area contributed by atoms with Crippen LogP contribution in [0.2, 0.25) is 0 Å². The van der Waals surface area contributed by atoms with E-state index in [1.165, 1.54) is 29.2 Å². The molecular formula is C34H38N4O5S. The third-order valence-corrected chi connectivity index (χ3v) is 10.1. The Morgan fingerprint density at radius 3 is 2.30 bits per heavy atom. The van der Waals surface area contributed by atoms with Crippen LogP contribution in [-0.2, 0) is 25.8 Å². The highest BCUT2D eigenvalue weighted by Crippen LogP contribution is 2.27. The van der Waals surface area contributed by atoms with Crippen molar-refractivity contribution in [2.24, 2.45) is 11.5 Å². The highest BCUT2D eigenvalue weighted by Gasteiger charge is 2.35. The van der Waals surface area contributed by atoms with Crippen molar-refractivity contribution in [1.82, 2.24) is 5.32 Å². The molecule has 0 radical (unpaired) electrons. The third-order valence-electron chi connectivity index (χ3n) is 8.08. The number of amides is 1. The number of aryl methyl sites for hydroxylation is 1. The fourth-order valence-electron chi connectivity index (χ4n) is 5.44. The number of fused-ring (bicyclic) bond motifs is 1. The Balaban J connectivity index is 1.35. The van der Waals surface area contributed by atoms with Gasteiger partial charge in [-0.25, -0.2) is 8.42 Å². The summed E-state index contributed by atoms with van der Waals surface area (Å²) in [5.41, 5.74) is 14.2. The number of sulfone groups is 1. The van der Waals surface area contributed by atoms with Crippen molar-refractivity contribution in [3.63, 3.8) is 0 Å². The summed E-state index contributed by atoms with van der Waals surface area (Å²) in [6.07, 6.45) is 0.257. The molecule has 4 aromatic carbocycles. The van der Waals surface area contributed by atoms with Crippen LogP contribution in [-0.4, -0.2) is 63.4 Å². The van der Waals surface area contributed by atoms with Gasteiger partial charge < -0.3 is 21.5 Å². The summed E-state index contributed by atoms with van der Waals surface area (Å²) in [7, 11) is -3.96. The van der Waals surface area contributed by atoms with Gasteiger partial charge in [0.15, 0.2) is 15.6 Å². The van der Waals surface area contributed by atoms with Gasteiger partial charge >= 0.3 is 0 Å². The van der Waals surface area contributed by atoms with Crippen LogP contribution in [0.5, 0.6) is 0 Å². The average molecular weight is 615 g/mol. The Labute approximate surface area is 258 Å². The molecule has 10 heteroatoms. The minimum Gasteiger partial charge on any atom is -0.366 e. The Kier molecular flexibility index (Phi) is 9.87. The van der Waals surface area contributed by atoms with Gasteiger partial charge in [-0.05, 0) is 60.4 Å². The predicted molar refractivity (Wildman–Crippen MR) is 172 cm³/mol. The normalized spacial score (nSPS) is 17.5. The number of ether oxygens (including phenoxy) is 1. The third kappa shape index (κ3) is 6.90. The minimum atomic E-state index is -3.96. The largest absolute Gasteiger partial charge is 0.366 e. The number of anilines is 1. The average Bonchev–Trinajstić information content (AvgIpc) is 3.07. The fraction of sp³-hybridized carbons (Fsp3) is 0.294. The van der Waals surface area contributed by atoms with E-state index >= 15 is 0 Å². The van der Waals surface area contributed by atoms with Crippen molar-refractivity contribution in [3.05, 3.63) is 108 Å². The first-order chi connectivity index (χ1) is 21.2. The first-order valence-electron chi connectivity index (χ1n) is 14.7. The Morgan fingerprint density at radius 1 is 0.932 bits per heavy atom. The molecule has 0 bridgehead atoms. The van der Waals surface area contributed by atoms with Crippen LogP contribution in [0.3, 0.4) is 0 Å². The summed E-state index contributed by atoms with van der Waals surface area (Å²) >= 11 is 0. The van der Waals surface area contributed by atoms with Crippen molar-refractivity contribution in [1.29, 1.82) is 0 Å². The van der Waals surface area contributed by atoms with E-state index in [2.05, 4.69) is 5.32 Å². The van der Waals surface area contributed by atoms with E-state index in [0.29, 0.717) is 38.2 Å². The lowest BCUT2D eigenvalue weighted by molar-refractivity contribution is -0.131. The maximum atomic E-state index is 13.8. The number of nitrogens with zero attached hydrogens (tertiary/aromatic N) is 1. The lowest BCUT2D eigenvalue weighted by atomic mass is 10.0. The van der Waals surface area contributed by atoms with E-state index in [1.807, 2.05) is 72.8 Å². The van der Waals surface area contributed by atoms with Gasteiger partial charge in [0, 0.05) is 30.4 Å². The van der Waals surface area contributed by atoms with Gasteiger partial charge in [0.25, 0.3) is 5.91 Å². The second-order valence-corrected chi connectivity index (χ2v) is 13.2. The van der Waals surface area contributed by atoms with Gasteiger partial charge in [0.2, 0.25) is 0 Å². The van der Waals surface area contributed by atoms with Crippen molar-refractivity contribution >= 4 is 38.0 Å². The number of morpholine rings is 1. The zero-order valence-corrected chi connectivity index (χ0v) is 25.5. The Bertz CT molecular complexity index is 1710. The molecule has 3 unspecified atom stereocenters. The highest BCUT2D eigenvalue weighted by atomic mass is 32.2. The summed E-state index contributed by atoms with van der Waals surface area (Å²) in [5, 5.41) is 3.80. The molecule has 5 N–H and O–H groups in total. The maximum Gasteiger partial charge on any atom is 0.258 e. The first-order valence-corrected chi connectivity index (χ1v) is 16.3. The number of nitrogens with one attached hydrogen (secondary N) is 1. The summed E-state index contributed by atoms with van der Waals surface area (Å²) in [6.45, 7) is 3.03. The molecule has 5 rings (SSSR count). The number of hydrogen-bond acceptors (Lipinski definition) is 8. The summed E-state index contributed by atoms with van der Waals surface area (Å²) < 4.78 is 32.4. The van der Waals surface area contributed by atoms with Gasteiger partial charge in [-0.2, -0.15) is 0 Å². The molecule has 1 aliphatic rings. The number of rotatable bonds is 11. The van der Waals surface area contributed by atoms with E-state index in [0.717, 1.165) is 16.3 Å². The van der Waals surface area contributed by atoms with Crippen molar-refractivity contribution in [2.75, 3.05) is 24.6 Å². The SMILES string of the molecule is C[C@@H](C(=O)c1ccc(S(=O)(=O)C(N)C(N)CCc2ccccc2)cc1)N(C(=O)C1CNCCO1)c1ccc2ccccc2c1. The lowest BCUT2D eigenvalue weighted by Crippen LogP contribution is -2.53. The van der Waals surface area contributed by atoms with Crippen LogP contribution >= 0.6 is 0 Å². The van der Waals surface area contributed by atoms with E-state index < -0.39 is 33.4 Å². The molecule has 1 aliphatic heterocycles. The van der Waals surface area contributed by atoms with Crippen LogP contribution in [0, 0.1) is 0 Å². The molecule has 1 amide bonds. The molecule has 0 aromatic heterocycles. The van der Waals surface area contributed by atoms with E-state index in [4.69, 9.17) is 16.2 Å². The molecule has 4 aromatic rings. The number of ketones is 1. The summed E-state index contributed by atoms with van der Waals surface area (Å²) in [4.78, 5) is 29.0. The highest BCUT2D eigenvalue weighted by molar-refractivity contribution is 7.92. The molecule has 0 aliphatic carbocycles. The van der Waals surface area contributed by atoms with Gasteiger partial charge in [-0.15, -0.1) is 0 Å². The van der Waals surface area contributed by atoms with Gasteiger partial charge in [0.1, 0.15) is 11.5 Å². The number of carbonyl (C=O) groups excluding carboxylic acids is 2. The number of hydrogen-bond donors (Lipinski definition) is 3. The standard InChI is InChI=1S/C34H38N4O5S/c1-23(38(34(40)31-22-37-19-20-43-31)28-15-12-25-9-5-6-10-27(25)21-28)32(39)26-13-16-29(17-14-26)44(41,42)33(36)30(35)18-11-24-7-3-2-4-8-24/h2-10,12-17,21,23,30-31,33,37H,11,18-20,22,35-36H2,1H3/t23-,30?,31?,33?/m0/s1. The van der Waals surface area contributed by atoms with Crippen molar-refractivity contribution in [2.45, 2.75) is 48.2 Å². The van der Waals surface area contributed by atoms with E-state index in [9.17, 15) is 18.0 Å². The molecule has 4 atom stereocenters. The number of Topliss-reactive ketones (excluding diaryl/α,β-unsaturated/α-hetero) is 1. The monoisotopic (exact) mass is 614 g/mol. The van der Waals surface area contributed by atoms with Gasteiger partial charge in [0.05, 0.1) is 17.5 Å². The van der Waals surface area contributed by atoms with Crippen LogP contribution in [0.25, 0.3) is 10.8 Å². The van der Waals surface area contributed by atoms with E-state index in [1.54, 1.807) is 6.92 Å². The molecule has 0 spiro atoms. The first kappa shape index (κ1) is 31.5. The van der Waals surface area contributed by atoms with Crippen LogP contribution < -0.4 is 21.7 Å². The number of carbonyl (C=O) groups is 2. The quantitative estimate of drug-likeness (QED) is 0.218. The molecule has 9 nitrogen and oxygen atoms in total. The van der Waals surface area contributed by atoms with Crippen molar-refractivity contribution < 1.29 is 22.7 Å². The van der Waals surface area contributed by atoms with Gasteiger partial charge in [-0.1, -0.05) is 72.8 Å². The zero-order chi connectivity index (χ0) is 31.3. The number of nitrogens with two attached hydrogens (primary N) is 2. The topological polar surface area (TPSA) is 145 Å². The maximum absolute atomic E-state index is 13.8. The summed E-state index contributed by atoms with van der Waals surface area (Å²) in [5.74, 6) is -0.675. The smallest absolute Gasteiger partial charge is 0.258 e. The van der Waals surface area contributed by atoms with Crippen LogP contribution in [0.1, 0.15) is 29.3 Å². The lowest BCUT2D eigenvalue weighted by Gasteiger charge is -2.33. The minimum absolute atomic E-state index is 0.0199. The molecular weight excluding hydrogens is 576 g/mol. The number of benzene rings is 4. The Hall–Kier alpha value is -3.93. The fourth-order valence-corrected chi connectivity index (χ4v) is 6.87. The molecule has 0 saturated carbocycles. The van der Waals surface area contributed by atoms with Crippen molar-refractivity contribution in [3.8, 4) is 0 Å². The molecule has 230 valence electrons. The van der Waals surface area contributed by atoms with Crippen LogP contribution in [0.15, 0.2) is 102 Å².